The summed E-state index contributed by atoms with van der Waals surface area (Å²) in [7, 11) is 1.18. The average Bonchev–Trinajstić information content (AvgIpc) is 2.71. The van der Waals surface area contributed by atoms with Gasteiger partial charge in [-0.3, -0.25) is 14.5 Å². The third-order valence-electron chi connectivity index (χ3n) is 3.38. The lowest BCUT2D eigenvalue weighted by Crippen LogP contribution is -2.41. The van der Waals surface area contributed by atoms with Crippen LogP contribution in [-0.4, -0.2) is 36.5 Å². The molecular formula is C14H13N3O4. The molecule has 7 nitrogen and oxygen atoms in total. The first-order valence-corrected chi connectivity index (χ1v) is 6.14. The summed E-state index contributed by atoms with van der Waals surface area (Å²) in [6.45, 7) is 1.11. The van der Waals surface area contributed by atoms with Crippen LogP contribution < -0.4 is 5.32 Å². The van der Waals surface area contributed by atoms with Gasteiger partial charge in [-0.05, 0) is 24.6 Å². The fourth-order valence-corrected chi connectivity index (χ4v) is 2.11. The predicted molar refractivity (Wildman–Crippen MR) is 70.8 cm³/mol. The van der Waals surface area contributed by atoms with Crippen LogP contribution in [0.1, 0.15) is 18.1 Å². The number of benzene rings is 1. The van der Waals surface area contributed by atoms with Crippen LogP contribution in [0.15, 0.2) is 24.3 Å². The van der Waals surface area contributed by atoms with Crippen molar-refractivity contribution in [1.82, 2.24) is 10.2 Å². The number of nitrogens with zero attached hydrogens (tertiary/aromatic N) is 2. The molecule has 0 bridgehead atoms. The van der Waals surface area contributed by atoms with E-state index in [-0.39, 0.29) is 0 Å². The van der Waals surface area contributed by atoms with Crippen molar-refractivity contribution in [2.24, 2.45) is 0 Å². The molecular weight excluding hydrogens is 274 g/mol. The molecule has 0 unspecified atom stereocenters. The number of esters is 1. The van der Waals surface area contributed by atoms with E-state index in [9.17, 15) is 14.4 Å². The van der Waals surface area contributed by atoms with Crippen molar-refractivity contribution in [2.45, 2.75) is 12.5 Å². The minimum Gasteiger partial charge on any atom is -0.468 e. The molecule has 1 aliphatic heterocycles. The molecule has 0 saturated carbocycles. The summed E-state index contributed by atoms with van der Waals surface area (Å²) in [4.78, 5) is 36.4. The predicted octanol–water partition coefficient (Wildman–Crippen LogP) is 0.498. The Kier molecular flexibility index (Phi) is 3.63. The third kappa shape index (κ3) is 2.43. The molecule has 0 radical (unpaired) electrons. The first kappa shape index (κ1) is 14.5. The monoisotopic (exact) mass is 287 g/mol. The SMILES string of the molecule is COC(=O)CN1C(=O)N[C@@](C)(c2ccc(C#N)cc2)C1=O. The number of ether oxygens (including phenoxy) is 1. The first-order valence-electron chi connectivity index (χ1n) is 6.14. The Morgan fingerprint density at radius 1 is 1.38 bits per heavy atom. The third-order valence-corrected chi connectivity index (χ3v) is 3.38. The number of hydrogen-bond acceptors (Lipinski definition) is 5. The van der Waals surface area contributed by atoms with Crippen LogP contribution in [-0.2, 0) is 19.9 Å². The molecule has 1 aromatic rings. The second kappa shape index (κ2) is 5.25. The topological polar surface area (TPSA) is 99.5 Å². The molecule has 0 aliphatic carbocycles. The Labute approximate surface area is 121 Å². The molecule has 108 valence electrons. The van der Waals surface area contributed by atoms with Gasteiger partial charge >= 0.3 is 12.0 Å². The maximum atomic E-state index is 12.4. The fourth-order valence-electron chi connectivity index (χ4n) is 2.11. The van der Waals surface area contributed by atoms with Gasteiger partial charge in [-0.25, -0.2) is 4.79 Å². The zero-order valence-corrected chi connectivity index (χ0v) is 11.5. The van der Waals surface area contributed by atoms with Crippen LogP contribution in [0.3, 0.4) is 0 Å². The molecule has 1 fully saturated rings. The summed E-state index contributed by atoms with van der Waals surface area (Å²) in [5.74, 6) is -1.22. The van der Waals surface area contributed by atoms with Crippen molar-refractivity contribution in [1.29, 1.82) is 5.26 Å². The zero-order chi connectivity index (χ0) is 15.6. The van der Waals surface area contributed by atoms with Crippen LogP contribution in [0.4, 0.5) is 4.79 Å². The molecule has 21 heavy (non-hydrogen) atoms. The van der Waals surface area contributed by atoms with Gasteiger partial charge in [-0.2, -0.15) is 5.26 Å². The number of carbonyl (C=O) groups excluding carboxylic acids is 3. The molecule has 1 saturated heterocycles. The lowest BCUT2D eigenvalue weighted by atomic mass is 9.91. The molecule has 1 aliphatic rings. The summed E-state index contributed by atoms with van der Waals surface area (Å²) >= 11 is 0. The van der Waals surface area contributed by atoms with Gasteiger partial charge < -0.3 is 10.1 Å². The van der Waals surface area contributed by atoms with E-state index in [4.69, 9.17) is 5.26 Å². The Morgan fingerprint density at radius 3 is 2.52 bits per heavy atom. The zero-order valence-electron chi connectivity index (χ0n) is 11.5. The lowest BCUT2D eigenvalue weighted by Gasteiger charge is -2.22. The molecule has 7 heteroatoms. The smallest absolute Gasteiger partial charge is 0.325 e. The van der Waals surface area contributed by atoms with Crippen LogP contribution in [0.5, 0.6) is 0 Å². The highest BCUT2D eigenvalue weighted by Gasteiger charge is 2.49. The summed E-state index contributed by atoms with van der Waals surface area (Å²) in [6, 6.07) is 7.63. The van der Waals surface area contributed by atoms with Gasteiger partial charge in [0.2, 0.25) is 0 Å². The molecule has 1 N–H and O–H groups in total. The van der Waals surface area contributed by atoms with Crippen LogP contribution in [0.25, 0.3) is 0 Å². The van der Waals surface area contributed by atoms with Crippen LogP contribution >= 0.6 is 0 Å². The van der Waals surface area contributed by atoms with E-state index in [0.717, 1.165) is 4.90 Å². The van der Waals surface area contributed by atoms with Crippen molar-refractivity contribution in [2.75, 3.05) is 13.7 Å². The molecule has 0 spiro atoms. The Balaban J connectivity index is 2.31. The van der Waals surface area contributed by atoms with Gasteiger partial charge in [0, 0.05) is 0 Å². The maximum absolute atomic E-state index is 12.4. The van der Waals surface area contributed by atoms with Crippen LogP contribution in [0.2, 0.25) is 0 Å². The number of imide groups is 1. The molecule has 0 aromatic heterocycles. The highest BCUT2D eigenvalue weighted by molar-refractivity contribution is 6.08. The van der Waals surface area contributed by atoms with Gasteiger partial charge in [0.1, 0.15) is 12.1 Å². The standard InChI is InChI=1S/C14H13N3O4/c1-14(10-5-3-9(7-15)4-6-10)12(19)17(13(20)16-14)8-11(18)21-2/h3-6H,8H2,1-2H3,(H,16,20)/t14-/m0/s1. The Bertz CT molecular complexity index is 647. The summed E-state index contributed by atoms with van der Waals surface area (Å²) in [5, 5.41) is 11.3. The summed E-state index contributed by atoms with van der Waals surface area (Å²) < 4.78 is 4.46. The number of hydrogen-bond donors (Lipinski definition) is 1. The quantitative estimate of drug-likeness (QED) is 0.644. The van der Waals surface area contributed by atoms with Crippen molar-refractivity contribution in [3.05, 3.63) is 35.4 Å². The van der Waals surface area contributed by atoms with E-state index in [1.54, 1.807) is 31.2 Å². The minimum absolute atomic E-state index is 0.437. The number of methoxy groups -OCH3 is 1. The highest BCUT2D eigenvalue weighted by atomic mass is 16.5. The van der Waals surface area contributed by atoms with E-state index in [0.29, 0.717) is 11.1 Å². The molecule has 1 heterocycles. The number of rotatable bonds is 3. The van der Waals surface area contributed by atoms with Gasteiger partial charge in [-0.1, -0.05) is 12.1 Å². The number of urea groups is 1. The van der Waals surface area contributed by atoms with E-state index in [1.807, 2.05) is 6.07 Å². The normalized spacial score (nSPS) is 20.9. The van der Waals surface area contributed by atoms with Crippen molar-refractivity contribution < 1.29 is 19.1 Å². The second-order valence-corrected chi connectivity index (χ2v) is 4.71. The maximum Gasteiger partial charge on any atom is 0.325 e. The molecule has 1 aromatic carbocycles. The van der Waals surface area contributed by atoms with Gasteiger partial charge in [0.05, 0.1) is 18.7 Å². The Hall–Kier alpha value is -2.88. The van der Waals surface area contributed by atoms with Gasteiger partial charge in [0.15, 0.2) is 0 Å². The van der Waals surface area contributed by atoms with E-state index in [2.05, 4.69) is 10.1 Å². The number of nitrogens with one attached hydrogen (secondary N) is 1. The summed E-state index contributed by atoms with van der Waals surface area (Å²) in [6.07, 6.45) is 0. The van der Waals surface area contributed by atoms with Gasteiger partial charge in [-0.15, -0.1) is 0 Å². The lowest BCUT2D eigenvalue weighted by molar-refractivity contribution is -0.145. The van der Waals surface area contributed by atoms with E-state index in [1.165, 1.54) is 7.11 Å². The largest absolute Gasteiger partial charge is 0.468 e. The Morgan fingerprint density at radius 2 is 2.00 bits per heavy atom. The summed E-state index contributed by atoms with van der Waals surface area (Å²) in [5.41, 5.74) is -0.281. The molecule has 1 atom stereocenters. The van der Waals surface area contributed by atoms with E-state index >= 15 is 0 Å². The minimum atomic E-state index is -1.26. The number of amides is 3. The number of carbonyl (C=O) groups is 3. The second-order valence-electron chi connectivity index (χ2n) is 4.71. The number of nitriles is 1. The van der Waals surface area contributed by atoms with E-state index < -0.39 is 30.0 Å². The van der Waals surface area contributed by atoms with Crippen molar-refractivity contribution >= 4 is 17.9 Å². The molecule has 3 amide bonds. The van der Waals surface area contributed by atoms with Crippen molar-refractivity contribution in [3.8, 4) is 6.07 Å². The fraction of sp³-hybridized carbons (Fsp3) is 0.286. The first-order chi connectivity index (χ1) is 9.92. The highest BCUT2D eigenvalue weighted by Crippen LogP contribution is 2.28. The molecule has 2 rings (SSSR count). The average molecular weight is 287 g/mol. The van der Waals surface area contributed by atoms with Crippen molar-refractivity contribution in [3.63, 3.8) is 0 Å². The van der Waals surface area contributed by atoms with Crippen LogP contribution in [0, 0.1) is 11.3 Å². The van der Waals surface area contributed by atoms with Gasteiger partial charge in [0.25, 0.3) is 5.91 Å².